The van der Waals surface area contributed by atoms with Crippen LogP contribution in [0, 0.1) is 0 Å². The summed E-state index contributed by atoms with van der Waals surface area (Å²) in [5, 5.41) is 12.3. The number of alkyl halides is 3. The molecule has 90 valence electrons. The van der Waals surface area contributed by atoms with Gasteiger partial charge in [0.2, 0.25) is 0 Å². The molecule has 1 heterocycles. The first kappa shape index (κ1) is 11.9. The largest absolute Gasteiger partial charge is 0.507 e. The van der Waals surface area contributed by atoms with Gasteiger partial charge in [-0.05, 0) is 18.2 Å². The van der Waals surface area contributed by atoms with Gasteiger partial charge in [0, 0.05) is 17.2 Å². The lowest BCUT2D eigenvalue weighted by molar-refractivity contribution is -0.137. The van der Waals surface area contributed by atoms with Gasteiger partial charge in [0.15, 0.2) is 0 Å². The van der Waals surface area contributed by atoms with Gasteiger partial charge in [0.1, 0.15) is 5.76 Å². The topological polar surface area (TPSA) is 32.3 Å². The van der Waals surface area contributed by atoms with Gasteiger partial charge < -0.3 is 10.4 Å². The van der Waals surface area contributed by atoms with Crippen LogP contribution in [-0.4, -0.2) is 5.11 Å². The first-order valence-corrected chi connectivity index (χ1v) is 5.05. The Labute approximate surface area is 100 Å². The molecule has 0 bridgehead atoms. The summed E-state index contributed by atoms with van der Waals surface area (Å²) >= 11 is 5.44. The third-order valence-electron chi connectivity index (χ3n) is 2.31. The molecule has 6 heteroatoms. The molecule has 1 aliphatic heterocycles. The van der Waals surface area contributed by atoms with Crippen molar-refractivity contribution in [1.82, 2.24) is 0 Å². The molecule has 0 atom stereocenters. The van der Waals surface area contributed by atoms with Gasteiger partial charge >= 0.3 is 6.18 Å². The van der Waals surface area contributed by atoms with Crippen LogP contribution in [0.2, 0.25) is 0 Å². The van der Waals surface area contributed by atoms with Crippen molar-refractivity contribution < 1.29 is 18.3 Å². The SMILES string of the molecule is OC1=CC(=CCl)Nc2cc(C(F)(F)F)ccc21. The summed E-state index contributed by atoms with van der Waals surface area (Å²) in [5.41, 5.74) is 1.16. The second kappa shape index (κ2) is 4.00. The van der Waals surface area contributed by atoms with E-state index in [2.05, 4.69) is 5.32 Å². The quantitative estimate of drug-likeness (QED) is 0.737. The zero-order chi connectivity index (χ0) is 12.6. The number of hydrogen-bond donors (Lipinski definition) is 2. The lowest BCUT2D eigenvalue weighted by Crippen LogP contribution is -2.10. The molecule has 0 amide bonds. The number of allylic oxidation sites excluding steroid dienone is 1. The summed E-state index contributed by atoms with van der Waals surface area (Å²) in [6.07, 6.45) is -3.08. The number of anilines is 1. The van der Waals surface area contributed by atoms with E-state index in [1.165, 1.54) is 12.1 Å². The van der Waals surface area contributed by atoms with Gasteiger partial charge in [-0.3, -0.25) is 0 Å². The second-order valence-electron chi connectivity index (χ2n) is 3.48. The van der Waals surface area contributed by atoms with E-state index in [0.717, 1.165) is 17.7 Å². The molecule has 1 aromatic rings. The van der Waals surface area contributed by atoms with Crippen molar-refractivity contribution >= 4 is 23.0 Å². The van der Waals surface area contributed by atoms with Crippen molar-refractivity contribution in [1.29, 1.82) is 0 Å². The maximum Gasteiger partial charge on any atom is 0.416 e. The fourth-order valence-corrected chi connectivity index (χ4v) is 1.64. The van der Waals surface area contributed by atoms with Crippen LogP contribution in [0.5, 0.6) is 0 Å². The molecular formula is C11H7ClF3NO. The molecule has 2 nitrogen and oxygen atoms in total. The van der Waals surface area contributed by atoms with Crippen LogP contribution in [0.4, 0.5) is 18.9 Å². The molecule has 0 aromatic heterocycles. The molecule has 0 unspecified atom stereocenters. The Morgan fingerprint density at radius 2 is 2.00 bits per heavy atom. The lowest BCUT2D eigenvalue weighted by atomic mass is 10.0. The molecule has 1 aromatic carbocycles. The molecule has 17 heavy (non-hydrogen) atoms. The van der Waals surface area contributed by atoms with E-state index in [9.17, 15) is 18.3 Å². The first-order valence-electron chi connectivity index (χ1n) is 4.61. The van der Waals surface area contributed by atoms with E-state index in [0.29, 0.717) is 11.3 Å². The van der Waals surface area contributed by atoms with Crippen LogP contribution in [0.3, 0.4) is 0 Å². The van der Waals surface area contributed by atoms with Crippen LogP contribution in [0.1, 0.15) is 11.1 Å². The van der Waals surface area contributed by atoms with Crippen LogP contribution >= 0.6 is 11.6 Å². The summed E-state index contributed by atoms with van der Waals surface area (Å²) < 4.78 is 37.5. The van der Waals surface area contributed by atoms with Gasteiger partial charge in [0.25, 0.3) is 0 Å². The Morgan fingerprint density at radius 3 is 2.59 bits per heavy atom. The van der Waals surface area contributed by atoms with Crippen LogP contribution in [-0.2, 0) is 6.18 Å². The maximum atomic E-state index is 12.5. The highest BCUT2D eigenvalue weighted by molar-refractivity contribution is 6.26. The van der Waals surface area contributed by atoms with Crippen LogP contribution < -0.4 is 5.32 Å². The number of rotatable bonds is 0. The van der Waals surface area contributed by atoms with Crippen LogP contribution in [0.25, 0.3) is 5.76 Å². The Kier molecular flexibility index (Phi) is 2.79. The molecule has 0 saturated heterocycles. The second-order valence-corrected chi connectivity index (χ2v) is 3.70. The number of aliphatic hydroxyl groups is 1. The van der Waals surface area contributed by atoms with Gasteiger partial charge in [-0.25, -0.2) is 0 Å². The third kappa shape index (κ3) is 2.24. The zero-order valence-corrected chi connectivity index (χ0v) is 9.10. The average Bonchev–Trinajstić information content (AvgIpc) is 2.27. The molecule has 0 radical (unpaired) electrons. The maximum absolute atomic E-state index is 12.5. The summed E-state index contributed by atoms with van der Waals surface area (Å²) in [5.74, 6) is -0.126. The molecule has 2 rings (SSSR count). The standard InChI is InChI=1S/C11H7ClF3NO/c12-5-7-4-10(17)8-2-1-6(11(13,14)15)3-9(8)16-7/h1-5,16-17H. The highest BCUT2D eigenvalue weighted by Gasteiger charge is 2.31. The Morgan fingerprint density at radius 1 is 1.29 bits per heavy atom. The molecule has 1 aliphatic rings. The predicted molar refractivity (Wildman–Crippen MR) is 59.6 cm³/mol. The van der Waals surface area contributed by atoms with Gasteiger partial charge in [-0.1, -0.05) is 11.6 Å². The van der Waals surface area contributed by atoms with Crippen molar-refractivity contribution in [3.8, 4) is 0 Å². The summed E-state index contributed by atoms with van der Waals surface area (Å²) in [6.45, 7) is 0. The number of hydrogen-bond acceptors (Lipinski definition) is 2. The van der Waals surface area contributed by atoms with Crippen molar-refractivity contribution in [3.05, 3.63) is 46.6 Å². The molecule has 2 N–H and O–H groups in total. The Hall–Kier alpha value is -1.62. The van der Waals surface area contributed by atoms with Crippen molar-refractivity contribution in [2.75, 3.05) is 5.32 Å². The fraction of sp³-hybridized carbons (Fsp3) is 0.0909. The smallest absolute Gasteiger partial charge is 0.416 e. The van der Waals surface area contributed by atoms with E-state index in [-0.39, 0.29) is 11.4 Å². The van der Waals surface area contributed by atoms with Crippen molar-refractivity contribution in [2.24, 2.45) is 0 Å². The zero-order valence-electron chi connectivity index (χ0n) is 8.35. The summed E-state index contributed by atoms with van der Waals surface area (Å²) in [4.78, 5) is 0. The Bertz CT molecular complexity index is 520. The molecular weight excluding hydrogens is 255 g/mol. The van der Waals surface area contributed by atoms with E-state index < -0.39 is 11.7 Å². The minimum Gasteiger partial charge on any atom is -0.507 e. The number of halogens is 4. The van der Waals surface area contributed by atoms with Gasteiger partial charge in [0.05, 0.1) is 16.9 Å². The first-order chi connectivity index (χ1) is 7.91. The Balaban J connectivity index is 2.52. The highest BCUT2D eigenvalue weighted by Crippen LogP contribution is 2.36. The lowest BCUT2D eigenvalue weighted by Gasteiger charge is -2.19. The van der Waals surface area contributed by atoms with E-state index in [4.69, 9.17) is 11.6 Å². The minimum atomic E-state index is -4.42. The summed E-state index contributed by atoms with van der Waals surface area (Å²) in [6, 6.07) is 3.06. The number of nitrogens with one attached hydrogen (secondary N) is 1. The monoisotopic (exact) mass is 261 g/mol. The highest BCUT2D eigenvalue weighted by atomic mass is 35.5. The normalized spacial score (nSPS) is 17.4. The predicted octanol–water partition coefficient (Wildman–Crippen LogP) is 4.11. The fourth-order valence-electron chi connectivity index (χ4n) is 1.52. The number of benzene rings is 1. The number of aliphatic hydroxyl groups excluding tert-OH is 1. The molecule has 0 aliphatic carbocycles. The van der Waals surface area contributed by atoms with Crippen molar-refractivity contribution in [3.63, 3.8) is 0 Å². The van der Waals surface area contributed by atoms with E-state index >= 15 is 0 Å². The van der Waals surface area contributed by atoms with Crippen LogP contribution in [0.15, 0.2) is 35.5 Å². The van der Waals surface area contributed by atoms with E-state index in [1.807, 2.05) is 0 Å². The summed E-state index contributed by atoms with van der Waals surface area (Å²) in [7, 11) is 0. The minimum absolute atomic E-state index is 0.126. The van der Waals surface area contributed by atoms with Gasteiger partial charge in [-0.15, -0.1) is 0 Å². The molecule has 0 spiro atoms. The molecule has 0 saturated carbocycles. The average molecular weight is 262 g/mol. The third-order valence-corrected chi connectivity index (χ3v) is 2.55. The van der Waals surface area contributed by atoms with Gasteiger partial charge in [-0.2, -0.15) is 13.2 Å². The van der Waals surface area contributed by atoms with Crippen molar-refractivity contribution in [2.45, 2.75) is 6.18 Å². The molecule has 0 fully saturated rings. The number of fused-ring (bicyclic) bond motifs is 1. The van der Waals surface area contributed by atoms with E-state index in [1.54, 1.807) is 0 Å².